The van der Waals surface area contributed by atoms with Gasteiger partial charge < -0.3 is 4.90 Å². The number of unbranched alkanes of at least 4 members (excludes halogenated alkanes) is 1. The summed E-state index contributed by atoms with van der Waals surface area (Å²) in [5.41, 5.74) is 2.11. The van der Waals surface area contributed by atoms with Crippen LogP contribution in [0, 0.1) is 6.92 Å². The van der Waals surface area contributed by atoms with Gasteiger partial charge in [0.25, 0.3) is 0 Å². The van der Waals surface area contributed by atoms with E-state index in [0.717, 1.165) is 42.7 Å². The van der Waals surface area contributed by atoms with Gasteiger partial charge in [0, 0.05) is 33.2 Å². The Kier molecular flexibility index (Phi) is 3.94. The van der Waals surface area contributed by atoms with E-state index < -0.39 is 0 Å². The van der Waals surface area contributed by atoms with Crippen LogP contribution in [0.2, 0.25) is 0 Å². The number of thiazole rings is 1. The van der Waals surface area contributed by atoms with Gasteiger partial charge in [-0.25, -0.2) is 9.67 Å². The molecule has 2 aromatic heterocycles. The molecule has 0 aliphatic carbocycles. The number of rotatable bonds is 4. The van der Waals surface area contributed by atoms with E-state index in [4.69, 9.17) is 4.98 Å². The Hall–Kier alpha value is -1.14. The SMILES string of the molecule is CCCCN1CCN(c2nc3c(s2)c(C)nn3C)CC1. The molecule has 0 atom stereocenters. The van der Waals surface area contributed by atoms with Crippen LogP contribution in [0.5, 0.6) is 0 Å². The summed E-state index contributed by atoms with van der Waals surface area (Å²) in [4.78, 5) is 9.76. The predicted octanol–water partition coefficient (Wildman–Crippen LogP) is 2.26. The third kappa shape index (κ3) is 2.54. The Morgan fingerprint density at radius 3 is 2.60 bits per heavy atom. The molecule has 1 aliphatic heterocycles. The zero-order valence-electron chi connectivity index (χ0n) is 12.6. The Morgan fingerprint density at radius 1 is 1.20 bits per heavy atom. The second-order valence-electron chi connectivity index (χ2n) is 5.54. The highest BCUT2D eigenvalue weighted by atomic mass is 32.1. The summed E-state index contributed by atoms with van der Waals surface area (Å²) >= 11 is 1.78. The maximum absolute atomic E-state index is 4.77. The molecule has 3 rings (SSSR count). The van der Waals surface area contributed by atoms with E-state index >= 15 is 0 Å². The summed E-state index contributed by atoms with van der Waals surface area (Å²) in [7, 11) is 1.97. The molecular weight excluding hydrogens is 270 g/mol. The molecule has 3 heterocycles. The molecule has 5 nitrogen and oxygen atoms in total. The number of aromatic nitrogens is 3. The molecule has 110 valence electrons. The number of piperazine rings is 1. The summed E-state index contributed by atoms with van der Waals surface area (Å²) in [5, 5.41) is 5.58. The number of fused-ring (bicyclic) bond motifs is 1. The van der Waals surface area contributed by atoms with Gasteiger partial charge in [0.05, 0.1) is 10.4 Å². The lowest BCUT2D eigenvalue weighted by Crippen LogP contribution is -2.46. The highest BCUT2D eigenvalue weighted by Crippen LogP contribution is 2.31. The van der Waals surface area contributed by atoms with Gasteiger partial charge in [0.1, 0.15) is 0 Å². The number of hydrogen-bond acceptors (Lipinski definition) is 5. The molecule has 0 N–H and O–H groups in total. The Bertz CT molecular complexity index is 545. The Labute approximate surface area is 124 Å². The van der Waals surface area contributed by atoms with Crippen LogP contribution < -0.4 is 4.90 Å². The lowest BCUT2D eigenvalue weighted by molar-refractivity contribution is 0.254. The first kappa shape index (κ1) is 13.8. The van der Waals surface area contributed by atoms with Crippen molar-refractivity contribution >= 4 is 26.8 Å². The third-order valence-corrected chi connectivity index (χ3v) is 5.22. The molecule has 0 radical (unpaired) electrons. The lowest BCUT2D eigenvalue weighted by Gasteiger charge is -2.34. The summed E-state index contributed by atoms with van der Waals surface area (Å²) in [6.45, 7) is 10.1. The first-order chi connectivity index (χ1) is 9.69. The van der Waals surface area contributed by atoms with Crippen molar-refractivity contribution in [1.29, 1.82) is 0 Å². The average molecular weight is 293 g/mol. The van der Waals surface area contributed by atoms with Crippen LogP contribution in [-0.4, -0.2) is 52.4 Å². The smallest absolute Gasteiger partial charge is 0.188 e. The molecule has 0 unspecified atom stereocenters. The molecule has 2 aromatic rings. The molecule has 0 amide bonds. The topological polar surface area (TPSA) is 37.2 Å². The van der Waals surface area contributed by atoms with Crippen LogP contribution in [0.1, 0.15) is 25.5 Å². The van der Waals surface area contributed by atoms with Gasteiger partial charge in [-0.15, -0.1) is 0 Å². The van der Waals surface area contributed by atoms with E-state index in [-0.39, 0.29) is 0 Å². The van der Waals surface area contributed by atoms with E-state index in [9.17, 15) is 0 Å². The van der Waals surface area contributed by atoms with E-state index in [1.165, 1.54) is 24.1 Å². The second kappa shape index (κ2) is 5.69. The van der Waals surface area contributed by atoms with Crippen LogP contribution in [0.3, 0.4) is 0 Å². The Balaban J connectivity index is 1.69. The van der Waals surface area contributed by atoms with Gasteiger partial charge >= 0.3 is 0 Å². The molecule has 0 spiro atoms. The number of aryl methyl sites for hydroxylation is 2. The van der Waals surface area contributed by atoms with Crippen molar-refractivity contribution in [3.8, 4) is 0 Å². The van der Waals surface area contributed by atoms with Crippen LogP contribution in [-0.2, 0) is 7.05 Å². The van der Waals surface area contributed by atoms with Crippen molar-refractivity contribution in [2.24, 2.45) is 7.05 Å². The normalized spacial score (nSPS) is 17.2. The van der Waals surface area contributed by atoms with Gasteiger partial charge in [-0.3, -0.25) is 4.90 Å². The molecule has 0 aromatic carbocycles. The van der Waals surface area contributed by atoms with Gasteiger partial charge in [0.2, 0.25) is 0 Å². The van der Waals surface area contributed by atoms with Crippen LogP contribution in [0.15, 0.2) is 0 Å². The van der Waals surface area contributed by atoms with Crippen molar-refractivity contribution in [1.82, 2.24) is 19.7 Å². The second-order valence-corrected chi connectivity index (χ2v) is 6.52. The molecule has 1 fully saturated rings. The fourth-order valence-corrected chi connectivity index (χ4v) is 3.84. The van der Waals surface area contributed by atoms with E-state index in [2.05, 4.69) is 28.7 Å². The molecule has 1 saturated heterocycles. The standard InChI is InChI=1S/C14H23N5S/c1-4-5-6-18-7-9-19(10-8-18)14-15-13-12(20-14)11(2)16-17(13)3/h4-10H2,1-3H3. The zero-order chi connectivity index (χ0) is 14.1. The molecule has 1 aliphatic rings. The average Bonchev–Trinajstić information content (AvgIpc) is 3.00. The zero-order valence-corrected chi connectivity index (χ0v) is 13.4. The largest absolute Gasteiger partial charge is 0.345 e. The monoisotopic (exact) mass is 293 g/mol. The minimum Gasteiger partial charge on any atom is -0.345 e. The first-order valence-corrected chi connectivity index (χ1v) is 8.28. The van der Waals surface area contributed by atoms with Crippen LogP contribution in [0.25, 0.3) is 10.3 Å². The minimum atomic E-state index is 1.02. The fourth-order valence-electron chi connectivity index (χ4n) is 2.75. The van der Waals surface area contributed by atoms with Crippen molar-refractivity contribution in [3.05, 3.63) is 5.69 Å². The minimum absolute atomic E-state index is 1.02. The van der Waals surface area contributed by atoms with Crippen LogP contribution in [0.4, 0.5) is 5.13 Å². The lowest BCUT2D eigenvalue weighted by atomic mass is 10.2. The van der Waals surface area contributed by atoms with E-state index in [0.29, 0.717) is 0 Å². The van der Waals surface area contributed by atoms with Gasteiger partial charge in [-0.2, -0.15) is 5.10 Å². The maximum atomic E-state index is 4.77. The maximum Gasteiger partial charge on any atom is 0.188 e. The predicted molar refractivity (Wildman–Crippen MR) is 84.7 cm³/mol. The fraction of sp³-hybridized carbons (Fsp3) is 0.714. The quantitative estimate of drug-likeness (QED) is 0.866. The Morgan fingerprint density at radius 2 is 1.95 bits per heavy atom. The summed E-state index contributed by atoms with van der Waals surface area (Å²) in [6, 6.07) is 0. The highest BCUT2D eigenvalue weighted by Gasteiger charge is 2.21. The van der Waals surface area contributed by atoms with E-state index in [1.807, 2.05) is 11.7 Å². The van der Waals surface area contributed by atoms with Crippen molar-refractivity contribution in [3.63, 3.8) is 0 Å². The summed E-state index contributed by atoms with van der Waals surface area (Å²) in [6.07, 6.45) is 2.59. The van der Waals surface area contributed by atoms with Crippen molar-refractivity contribution in [2.75, 3.05) is 37.6 Å². The molecule has 6 heteroatoms. The van der Waals surface area contributed by atoms with Gasteiger partial charge in [-0.1, -0.05) is 24.7 Å². The van der Waals surface area contributed by atoms with E-state index in [1.54, 1.807) is 11.3 Å². The van der Waals surface area contributed by atoms with Crippen molar-refractivity contribution in [2.45, 2.75) is 26.7 Å². The van der Waals surface area contributed by atoms with Crippen LogP contribution >= 0.6 is 11.3 Å². The summed E-state index contributed by atoms with van der Waals surface area (Å²) in [5.74, 6) is 0. The molecule has 0 saturated carbocycles. The number of nitrogens with zero attached hydrogens (tertiary/aromatic N) is 5. The van der Waals surface area contributed by atoms with Gasteiger partial charge in [0.15, 0.2) is 10.8 Å². The first-order valence-electron chi connectivity index (χ1n) is 7.46. The van der Waals surface area contributed by atoms with Crippen molar-refractivity contribution < 1.29 is 0 Å². The molecular formula is C14H23N5S. The molecule has 0 bridgehead atoms. The summed E-state index contributed by atoms with van der Waals surface area (Å²) < 4.78 is 3.12. The number of hydrogen-bond donors (Lipinski definition) is 0. The molecule has 20 heavy (non-hydrogen) atoms. The number of anilines is 1. The highest BCUT2D eigenvalue weighted by molar-refractivity contribution is 7.22. The van der Waals surface area contributed by atoms with Gasteiger partial charge in [-0.05, 0) is 19.9 Å². The third-order valence-electron chi connectivity index (χ3n) is 4.00.